The molecule has 0 heterocycles. The second kappa shape index (κ2) is 8.75. The fourth-order valence-corrected chi connectivity index (χ4v) is 3.46. The van der Waals surface area contributed by atoms with E-state index in [1.165, 1.54) is 31.4 Å². The average molecular weight is 363 g/mol. The zero-order valence-corrected chi connectivity index (χ0v) is 14.7. The summed E-state index contributed by atoms with van der Waals surface area (Å²) in [6.45, 7) is -0.00876. The van der Waals surface area contributed by atoms with Gasteiger partial charge in [-0.1, -0.05) is 30.3 Å². The highest BCUT2D eigenvalue weighted by atomic mass is 32.2. The Hall–Kier alpha value is -2.22. The third-order valence-electron chi connectivity index (χ3n) is 3.77. The van der Waals surface area contributed by atoms with Gasteiger partial charge in [0.25, 0.3) is 0 Å². The van der Waals surface area contributed by atoms with Crippen molar-refractivity contribution in [1.29, 1.82) is 0 Å². The van der Waals surface area contributed by atoms with Gasteiger partial charge in [-0.2, -0.15) is 0 Å². The molecule has 7 heteroatoms. The van der Waals surface area contributed by atoms with Crippen LogP contribution in [-0.2, 0) is 21.2 Å². The smallest absolute Gasteiger partial charge is 0.337 e. The van der Waals surface area contributed by atoms with Gasteiger partial charge in [-0.05, 0) is 42.2 Å². The minimum atomic E-state index is -3.72. The fraction of sp³-hybridized carbons (Fsp3) is 0.278. The number of aliphatic hydroxyl groups excluding tert-OH is 1. The minimum absolute atomic E-state index is 0.0524. The lowest BCUT2D eigenvalue weighted by atomic mass is 10.0. The molecule has 25 heavy (non-hydrogen) atoms. The number of aliphatic hydroxyl groups is 1. The zero-order valence-electron chi connectivity index (χ0n) is 13.9. The van der Waals surface area contributed by atoms with Gasteiger partial charge >= 0.3 is 5.97 Å². The third kappa shape index (κ3) is 5.38. The van der Waals surface area contributed by atoms with Crippen LogP contribution in [0.5, 0.6) is 0 Å². The average Bonchev–Trinajstić information content (AvgIpc) is 2.65. The van der Waals surface area contributed by atoms with E-state index in [0.717, 1.165) is 5.56 Å². The van der Waals surface area contributed by atoms with Crippen LogP contribution in [0.25, 0.3) is 0 Å². The minimum Gasteiger partial charge on any atom is -0.465 e. The molecule has 0 fully saturated rings. The Balaban J connectivity index is 2.01. The molecule has 134 valence electrons. The van der Waals surface area contributed by atoms with Crippen molar-refractivity contribution < 1.29 is 23.1 Å². The van der Waals surface area contributed by atoms with Gasteiger partial charge in [0.15, 0.2) is 0 Å². The molecule has 0 aliphatic carbocycles. The predicted octanol–water partition coefficient (Wildman–Crippen LogP) is 1.60. The van der Waals surface area contributed by atoms with E-state index in [2.05, 4.69) is 9.46 Å². The first-order chi connectivity index (χ1) is 12.0. The molecule has 0 bridgehead atoms. The molecule has 0 amide bonds. The Kier molecular flexibility index (Phi) is 6.69. The van der Waals surface area contributed by atoms with Crippen molar-refractivity contribution in [2.75, 3.05) is 20.3 Å². The summed E-state index contributed by atoms with van der Waals surface area (Å²) in [7, 11) is -2.46. The predicted molar refractivity (Wildman–Crippen MR) is 93.7 cm³/mol. The van der Waals surface area contributed by atoms with Gasteiger partial charge in [-0.25, -0.2) is 17.9 Å². The van der Waals surface area contributed by atoms with Gasteiger partial charge in [0.2, 0.25) is 10.0 Å². The van der Waals surface area contributed by atoms with Crippen LogP contribution in [-0.4, -0.2) is 39.8 Å². The highest BCUT2D eigenvalue weighted by molar-refractivity contribution is 7.89. The van der Waals surface area contributed by atoms with Crippen molar-refractivity contribution in [1.82, 2.24) is 4.72 Å². The topological polar surface area (TPSA) is 92.7 Å². The summed E-state index contributed by atoms with van der Waals surface area (Å²) in [6, 6.07) is 15.1. The lowest BCUT2D eigenvalue weighted by Crippen LogP contribution is -2.32. The molecule has 0 saturated carbocycles. The molecule has 2 N–H and O–H groups in total. The van der Waals surface area contributed by atoms with Crippen LogP contribution in [0, 0.1) is 5.92 Å². The van der Waals surface area contributed by atoms with E-state index in [9.17, 15) is 18.3 Å². The standard InChI is InChI=1S/C18H21NO5S/c1-24-18(21)16-7-9-17(10-8-16)25(22,23)19-12-15(13-20)11-14-5-3-2-4-6-14/h2-10,15,19-20H,11-13H2,1H3/t15-/m0/s1. The van der Waals surface area contributed by atoms with Crippen molar-refractivity contribution in [2.24, 2.45) is 5.92 Å². The number of esters is 1. The van der Waals surface area contributed by atoms with Gasteiger partial charge in [-0.3, -0.25) is 0 Å². The molecule has 2 aromatic rings. The summed E-state index contributed by atoms with van der Waals surface area (Å²) >= 11 is 0. The number of ether oxygens (including phenoxy) is 1. The van der Waals surface area contributed by atoms with Crippen molar-refractivity contribution >= 4 is 16.0 Å². The largest absolute Gasteiger partial charge is 0.465 e. The second-order valence-electron chi connectivity index (χ2n) is 5.61. The summed E-state index contributed by atoms with van der Waals surface area (Å²) in [4.78, 5) is 11.4. The van der Waals surface area contributed by atoms with Gasteiger partial charge in [-0.15, -0.1) is 0 Å². The number of sulfonamides is 1. The maximum Gasteiger partial charge on any atom is 0.337 e. The monoisotopic (exact) mass is 363 g/mol. The number of hydrogen-bond donors (Lipinski definition) is 2. The Morgan fingerprint density at radius 2 is 1.76 bits per heavy atom. The van der Waals surface area contributed by atoms with E-state index in [1.54, 1.807) is 0 Å². The van der Waals surface area contributed by atoms with Crippen LogP contribution >= 0.6 is 0 Å². The van der Waals surface area contributed by atoms with Gasteiger partial charge in [0.1, 0.15) is 0 Å². The molecule has 6 nitrogen and oxygen atoms in total. The summed E-state index contributed by atoms with van der Waals surface area (Å²) in [5, 5.41) is 9.49. The first-order valence-corrected chi connectivity index (χ1v) is 9.27. The number of nitrogens with one attached hydrogen (secondary N) is 1. The first kappa shape index (κ1) is 19.1. The lowest BCUT2D eigenvalue weighted by molar-refractivity contribution is 0.0600. The van der Waals surface area contributed by atoms with Crippen molar-refractivity contribution in [2.45, 2.75) is 11.3 Å². The molecule has 0 aliphatic heterocycles. The van der Waals surface area contributed by atoms with E-state index in [4.69, 9.17) is 0 Å². The van der Waals surface area contributed by atoms with Crippen LogP contribution < -0.4 is 4.72 Å². The van der Waals surface area contributed by atoms with Crippen LogP contribution in [0.3, 0.4) is 0 Å². The lowest BCUT2D eigenvalue weighted by Gasteiger charge is -2.15. The molecule has 0 radical (unpaired) electrons. The fourth-order valence-electron chi connectivity index (χ4n) is 2.35. The van der Waals surface area contributed by atoms with E-state index >= 15 is 0 Å². The van der Waals surface area contributed by atoms with E-state index in [-0.39, 0.29) is 29.5 Å². The van der Waals surface area contributed by atoms with Gasteiger partial charge in [0, 0.05) is 13.2 Å². The number of rotatable bonds is 8. The van der Waals surface area contributed by atoms with Gasteiger partial charge in [0.05, 0.1) is 17.6 Å². The SMILES string of the molecule is COC(=O)c1ccc(S(=O)(=O)NC[C@@H](CO)Cc2ccccc2)cc1. The van der Waals surface area contributed by atoms with Crippen LogP contribution in [0.2, 0.25) is 0 Å². The number of hydrogen-bond acceptors (Lipinski definition) is 5. The zero-order chi connectivity index (χ0) is 18.3. The second-order valence-corrected chi connectivity index (χ2v) is 7.37. The van der Waals surface area contributed by atoms with Crippen LogP contribution in [0.1, 0.15) is 15.9 Å². The van der Waals surface area contributed by atoms with E-state index in [0.29, 0.717) is 6.42 Å². The molecular formula is C18H21NO5S. The third-order valence-corrected chi connectivity index (χ3v) is 5.21. The molecule has 0 aromatic heterocycles. The summed E-state index contributed by atoms with van der Waals surface area (Å²) in [6.07, 6.45) is 0.571. The maximum atomic E-state index is 12.3. The van der Waals surface area contributed by atoms with Crippen molar-refractivity contribution in [3.05, 3.63) is 65.7 Å². The Bertz CT molecular complexity index is 788. The van der Waals surface area contributed by atoms with Crippen LogP contribution in [0.15, 0.2) is 59.5 Å². The highest BCUT2D eigenvalue weighted by Crippen LogP contribution is 2.13. The summed E-state index contributed by atoms with van der Waals surface area (Å²) < 4.78 is 31.8. The summed E-state index contributed by atoms with van der Waals surface area (Å²) in [5.74, 6) is -0.758. The highest BCUT2D eigenvalue weighted by Gasteiger charge is 2.18. The quantitative estimate of drug-likeness (QED) is 0.695. The van der Waals surface area contributed by atoms with Crippen LogP contribution in [0.4, 0.5) is 0 Å². The Morgan fingerprint density at radius 1 is 1.12 bits per heavy atom. The number of carbonyl (C=O) groups is 1. The molecule has 0 spiro atoms. The van der Waals surface area contributed by atoms with Crippen molar-refractivity contribution in [3.63, 3.8) is 0 Å². The Morgan fingerprint density at radius 3 is 2.32 bits per heavy atom. The molecule has 0 saturated heterocycles. The number of benzene rings is 2. The maximum absolute atomic E-state index is 12.3. The first-order valence-electron chi connectivity index (χ1n) is 7.79. The normalized spacial score (nSPS) is 12.6. The molecular weight excluding hydrogens is 342 g/mol. The van der Waals surface area contributed by atoms with E-state index in [1.807, 2.05) is 30.3 Å². The summed E-state index contributed by atoms with van der Waals surface area (Å²) in [5.41, 5.74) is 1.31. The van der Waals surface area contributed by atoms with Crippen molar-refractivity contribution in [3.8, 4) is 0 Å². The number of carbonyl (C=O) groups excluding carboxylic acids is 1. The van der Waals surface area contributed by atoms with E-state index < -0.39 is 16.0 Å². The Labute approximate surface area is 147 Å². The number of methoxy groups -OCH3 is 1. The molecule has 2 aromatic carbocycles. The molecule has 1 atom stereocenters. The molecule has 0 aliphatic rings. The molecule has 2 rings (SSSR count). The van der Waals surface area contributed by atoms with Gasteiger partial charge < -0.3 is 9.84 Å². The molecule has 0 unspecified atom stereocenters.